The van der Waals surface area contributed by atoms with Crippen molar-refractivity contribution in [3.8, 4) is 5.75 Å². The average Bonchev–Trinajstić information content (AvgIpc) is 3.15. The molecule has 1 saturated heterocycles. The molecule has 1 unspecified atom stereocenters. The highest BCUT2D eigenvalue weighted by Gasteiger charge is 2.45. The van der Waals surface area contributed by atoms with E-state index in [-0.39, 0.29) is 12.1 Å². The SMILES string of the molecule is C=CCON1C(=O)N2Cc3c(cnn3Cc3ccc(OC)cc3)C1C2. The van der Waals surface area contributed by atoms with Gasteiger partial charge in [0, 0.05) is 5.56 Å². The monoisotopic (exact) mass is 340 g/mol. The van der Waals surface area contributed by atoms with Crippen molar-refractivity contribution in [2.75, 3.05) is 20.3 Å². The number of hydroxylamine groups is 2. The van der Waals surface area contributed by atoms with Gasteiger partial charge in [0.2, 0.25) is 0 Å². The molecule has 0 aliphatic carbocycles. The molecule has 3 heterocycles. The minimum Gasteiger partial charge on any atom is -0.497 e. The zero-order valence-corrected chi connectivity index (χ0v) is 14.1. The Morgan fingerprint density at radius 3 is 2.88 bits per heavy atom. The second-order valence-electron chi connectivity index (χ2n) is 6.14. The summed E-state index contributed by atoms with van der Waals surface area (Å²) in [6.07, 6.45) is 3.49. The number of hydrogen-bond acceptors (Lipinski definition) is 4. The zero-order chi connectivity index (χ0) is 17.4. The third-order valence-corrected chi connectivity index (χ3v) is 4.64. The number of amides is 2. The van der Waals surface area contributed by atoms with Crippen LogP contribution in [0.25, 0.3) is 0 Å². The largest absolute Gasteiger partial charge is 0.497 e. The third kappa shape index (κ3) is 2.66. The second-order valence-corrected chi connectivity index (χ2v) is 6.14. The van der Waals surface area contributed by atoms with Crippen LogP contribution in [-0.2, 0) is 17.9 Å². The van der Waals surface area contributed by atoms with Gasteiger partial charge in [0.25, 0.3) is 0 Å². The van der Waals surface area contributed by atoms with Crippen LogP contribution in [-0.4, -0.2) is 46.0 Å². The summed E-state index contributed by atoms with van der Waals surface area (Å²) in [4.78, 5) is 19.8. The Bertz CT molecular complexity index is 799. The summed E-state index contributed by atoms with van der Waals surface area (Å²) in [6, 6.07) is 7.71. The van der Waals surface area contributed by atoms with Crippen LogP contribution in [0.2, 0.25) is 0 Å². The Hall–Kier alpha value is -2.80. The van der Waals surface area contributed by atoms with Gasteiger partial charge >= 0.3 is 6.03 Å². The van der Waals surface area contributed by atoms with E-state index in [1.54, 1.807) is 18.1 Å². The summed E-state index contributed by atoms with van der Waals surface area (Å²) in [5.74, 6) is 0.830. The first-order valence-electron chi connectivity index (χ1n) is 8.20. The van der Waals surface area contributed by atoms with Crippen molar-refractivity contribution >= 4 is 6.03 Å². The van der Waals surface area contributed by atoms with E-state index in [0.29, 0.717) is 26.2 Å². The van der Waals surface area contributed by atoms with Gasteiger partial charge in [0.05, 0.1) is 45.2 Å². The van der Waals surface area contributed by atoms with Crippen LogP contribution in [0.15, 0.2) is 43.1 Å². The number of ether oxygens (including phenoxy) is 1. The van der Waals surface area contributed by atoms with Crippen molar-refractivity contribution in [3.63, 3.8) is 0 Å². The fourth-order valence-electron chi connectivity index (χ4n) is 3.37. The number of urea groups is 1. The van der Waals surface area contributed by atoms with Gasteiger partial charge in [0.15, 0.2) is 0 Å². The number of aromatic nitrogens is 2. The van der Waals surface area contributed by atoms with Gasteiger partial charge in [-0.15, -0.1) is 6.58 Å². The Kier molecular flexibility index (Phi) is 3.93. The number of carbonyl (C=O) groups is 1. The Morgan fingerprint density at radius 1 is 1.36 bits per heavy atom. The van der Waals surface area contributed by atoms with Gasteiger partial charge in [-0.05, 0) is 17.7 Å². The maximum Gasteiger partial charge on any atom is 0.345 e. The fourth-order valence-corrected chi connectivity index (χ4v) is 3.37. The first-order valence-corrected chi connectivity index (χ1v) is 8.20. The molecule has 0 saturated carbocycles. The van der Waals surface area contributed by atoms with Crippen LogP contribution >= 0.6 is 0 Å². The summed E-state index contributed by atoms with van der Waals surface area (Å²) in [7, 11) is 1.65. The van der Waals surface area contributed by atoms with E-state index in [4.69, 9.17) is 9.57 Å². The lowest BCUT2D eigenvalue weighted by Crippen LogP contribution is -2.31. The molecule has 2 aliphatic rings. The molecular weight excluding hydrogens is 320 g/mol. The van der Waals surface area contributed by atoms with Gasteiger partial charge in [-0.1, -0.05) is 18.2 Å². The van der Waals surface area contributed by atoms with Crippen LogP contribution in [0.3, 0.4) is 0 Å². The van der Waals surface area contributed by atoms with E-state index in [9.17, 15) is 4.79 Å². The summed E-state index contributed by atoms with van der Waals surface area (Å²) in [5, 5.41) is 5.99. The minimum absolute atomic E-state index is 0.0981. The minimum atomic E-state index is -0.110. The number of nitrogens with zero attached hydrogens (tertiary/aromatic N) is 4. The van der Waals surface area contributed by atoms with Crippen LogP contribution in [0, 0.1) is 0 Å². The maximum atomic E-state index is 12.4. The van der Waals surface area contributed by atoms with E-state index >= 15 is 0 Å². The molecule has 130 valence electrons. The maximum absolute atomic E-state index is 12.4. The lowest BCUT2D eigenvalue weighted by atomic mass is 10.0. The standard InChI is InChI=1S/C18H20N4O3/c1-3-8-25-22-17-12-20(18(22)23)11-16-15(17)9-19-21(16)10-13-4-6-14(24-2)7-5-13/h3-7,9,17H,1,8,10-12H2,2H3. The van der Waals surface area contributed by atoms with Crippen molar-refractivity contribution in [1.82, 2.24) is 19.7 Å². The number of carbonyl (C=O) groups excluding carboxylic acids is 1. The quantitative estimate of drug-likeness (QED) is 0.758. The molecule has 1 aromatic heterocycles. The van der Waals surface area contributed by atoms with Gasteiger partial charge in [-0.25, -0.2) is 4.79 Å². The molecule has 2 amide bonds. The van der Waals surface area contributed by atoms with Crippen LogP contribution in [0.1, 0.15) is 22.9 Å². The highest BCUT2D eigenvalue weighted by Crippen LogP contribution is 2.37. The number of methoxy groups -OCH3 is 1. The van der Waals surface area contributed by atoms with E-state index in [2.05, 4.69) is 11.7 Å². The highest BCUT2D eigenvalue weighted by atomic mass is 16.7. The Labute approximate surface area is 146 Å². The lowest BCUT2D eigenvalue weighted by molar-refractivity contribution is -0.118. The molecule has 0 spiro atoms. The van der Waals surface area contributed by atoms with Crippen molar-refractivity contribution < 1.29 is 14.4 Å². The molecule has 0 N–H and O–H groups in total. The molecule has 1 fully saturated rings. The number of rotatable bonds is 6. The third-order valence-electron chi connectivity index (χ3n) is 4.64. The molecule has 4 rings (SSSR count). The van der Waals surface area contributed by atoms with Gasteiger partial charge in [-0.2, -0.15) is 10.2 Å². The van der Waals surface area contributed by atoms with Crippen molar-refractivity contribution in [2.45, 2.75) is 19.1 Å². The molecule has 1 atom stereocenters. The van der Waals surface area contributed by atoms with Crippen molar-refractivity contribution in [2.24, 2.45) is 0 Å². The molecule has 1 aromatic carbocycles. The highest BCUT2D eigenvalue weighted by molar-refractivity contribution is 5.77. The smallest absolute Gasteiger partial charge is 0.345 e. The fraction of sp³-hybridized carbons (Fsp3) is 0.333. The average molecular weight is 340 g/mol. The van der Waals surface area contributed by atoms with Gasteiger partial charge < -0.3 is 9.64 Å². The summed E-state index contributed by atoms with van der Waals surface area (Å²) < 4.78 is 7.15. The number of hydrogen-bond donors (Lipinski definition) is 0. The first-order chi connectivity index (χ1) is 12.2. The van der Waals surface area contributed by atoms with E-state index in [1.165, 1.54) is 5.06 Å². The lowest BCUT2D eigenvalue weighted by Gasteiger charge is -2.23. The number of benzene rings is 1. The topological polar surface area (TPSA) is 59.8 Å². The van der Waals surface area contributed by atoms with Gasteiger partial charge in [-0.3, -0.25) is 9.52 Å². The van der Waals surface area contributed by atoms with Crippen molar-refractivity contribution in [1.29, 1.82) is 0 Å². The Balaban J connectivity index is 1.58. The van der Waals surface area contributed by atoms with Crippen LogP contribution in [0.4, 0.5) is 4.79 Å². The van der Waals surface area contributed by atoms with Crippen LogP contribution < -0.4 is 4.74 Å². The molecule has 0 radical (unpaired) electrons. The van der Waals surface area contributed by atoms with E-state index < -0.39 is 0 Å². The molecule has 7 nitrogen and oxygen atoms in total. The van der Waals surface area contributed by atoms with Gasteiger partial charge in [0.1, 0.15) is 11.8 Å². The summed E-state index contributed by atoms with van der Waals surface area (Å²) in [6.45, 7) is 5.79. The molecule has 2 aromatic rings. The summed E-state index contributed by atoms with van der Waals surface area (Å²) in [5.41, 5.74) is 3.25. The summed E-state index contributed by atoms with van der Waals surface area (Å²) >= 11 is 0. The van der Waals surface area contributed by atoms with Crippen molar-refractivity contribution in [3.05, 3.63) is 59.9 Å². The predicted molar refractivity (Wildman–Crippen MR) is 90.9 cm³/mol. The molecule has 2 aliphatic heterocycles. The predicted octanol–water partition coefficient (Wildman–Crippen LogP) is 2.35. The van der Waals surface area contributed by atoms with E-state index in [0.717, 1.165) is 22.6 Å². The van der Waals surface area contributed by atoms with E-state index in [1.807, 2.05) is 35.1 Å². The molecule has 25 heavy (non-hydrogen) atoms. The number of fused-ring (bicyclic) bond motifs is 4. The second kappa shape index (κ2) is 6.25. The molecular formula is C18H20N4O3. The zero-order valence-electron chi connectivity index (χ0n) is 14.1. The Morgan fingerprint density at radius 2 is 2.16 bits per heavy atom. The normalized spacial score (nSPS) is 18.4. The van der Waals surface area contributed by atoms with Crippen LogP contribution in [0.5, 0.6) is 5.75 Å². The first kappa shape index (κ1) is 15.7. The molecule has 2 bridgehead atoms. The molecule has 7 heteroatoms.